The van der Waals surface area contributed by atoms with Crippen LogP contribution in [-0.2, 0) is 9.53 Å². The quantitative estimate of drug-likeness (QED) is 0.789. The van der Waals surface area contributed by atoms with Crippen LogP contribution < -0.4 is 5.73 Å². The molecule has 5 nitrogen and oxygen atoms in total. The van der Waals surface area contributed by atoms with Gasteiger partial charge in [-0.15, -0.1) is 0 Å². The lowest BCUT2D eigenvalue weighted by Gasteiger charge is -2.07. The third-order valence-corrected chi connectivity index (χ3v) is 2.01. The van der Waals surface area contributed by atoms with E-state index in [-0.39, 0.29) is 5.69 Å². The molecule has 6 heteroatoms. The van der Waals surface area contributed by atoms with Crippen molar-refractivity contribution in [3.8, 4) is 0 Å². The second-order valence-corrected chi connectivity index (χ2v) is 3.60. The van der Waals surface area contributed by atoms with Crippen molar-refractivity contribution in [3.05, 3.63) is 22.4 Å². The molecule has 0 saturated heterocycles. The van der Waals surface area contributed by atoms with Gasteiger partial charge in [0.15, 0.2) is 6.10 Å². The van der Waals surface area contributed by atoms with Crippen molar-refractivity contribution in [1.82, 2.24) is 4.98 Å². The first kappa shape index (κ1) is 10.8. The molecule has 0 aliphatic heterocycles. The number of nitrogens with one attached hydrogen (secondary N) is 1. The first-order valence-electron chi connectivity index (χ1n) is 3.85. The molecule has 0 spiro atoms. The van der Waals surface area contributed by atoms with Gasteiger partial charge in [-0.1, -0.05) is 0 Å². The molecule has 0 saturated carbocycles. The van der Waals surface area contributed by atoms with E-state index in [4.69, 9.17) is 10.5 Å². The first-order chi connectivity index (χ1) is 6.50. The van der Waals surface area contributed by atoms with E-state index < -0.39 is 18.0 Å². The van der Waals surface area contributed by atoms with Gasteiger partial charge in [0.2, 0.25) is 0 Å². The molecule has 1 heterocycles. The van der Waals surface area contributed by atoms with Gasteiger partial charge in [0.25, 0.3) is 5.91 Å². The van der Waals surface area contributed by atoms with E-state index in [1.54, 1.807) is 12.3 Å². The number of halogens is 1. The molecule has 0 aliphatic rings. The molecule has 0 aliphatic carbocycles. The number of hydrogen-bond acceptors (Lipinski definition) is 3. The maximum Gasteiger partial charge on any atom is 0.355 e. The standard InChI is InChI=1S/C8H9BrN2O3/c1-4(7(10)12)14-8(13)6-2-5(9)3-11-6/h2-4,11H,1H3,(H2,10,12). The molecule has 1 rings (SSSR count). The van der Waals surface area contributed by atoms with E-state index >= 15 is 0 Å². The van der Waals surface area contributed by atoms with Gasteiger partial charge in [-0.05, 0) is 28.9 Å². The summed E-state index contributed by atoms with van der Waals surface area (Å²) in [5.41, 5.74) is 5.20. The Morgan fingerprint density at radius 3 is 2.71 bits per heavy atom. The minimum Gasteiger partial charge on any atom is -0.448 e. The molecule has 0 bridgehead atoms. The second-order valence-electron chi connectivity index (χ2n) is 2.68. The van der Waals surface area contributed by atoms with Crippen LogP contribution >= 0.6 is 15.9 Å². The van der Waals surface area contributed by atoms with Crippen molar-refractivity contribution in [1.29, 1.82) is 0 Å². The maximum absolute atomic E-state index is 11.3. The number of carbonyl (C=O) groups is 2. The van der Waals surface area contributed by atoms with Crippen LogP contribution in [0.25, 0.3) is 0 Å². The molecule has 1 atom stereocenters. The Kier molecular flexibility index (Phi) is 3.29. The summed E-state index contributed by atoms with van der Waals surface area (Å²) in [7, 11) is 0. The van der Waals surface area contributed by atoms with Crippen molar-refractivity contribution in [3.63, 3.8) is 0 Å². The lowest BCUT2D eigenvalue weighted by atomic mass is 10.4. The van der Waals surface area contributed by atoms with Gasteiger partial charge in [0.05, 0.1) is 0 Å². The maximum atomic E-state index is 11.3. The summed E-state index contributed by atoms with van der Waals surface area (Å²) in [6.45, 7) is 1.41. The molecule has 1 amide bonds. The largest absolute Gasteiger partial charge is 0.448 e. The van der Waals surface area contributed by atoms with Crippen molar-refractivity contribution in [2.45, 2.75) is 13.0 Å². The predicted octanol–water partition coefficient (Wildman–Crippen LogP) is 0.808. The summed E-state index contributed by atoms with van der Waals surface area (Å²) in [6.07, 6.45) is 0.662. The SMILES string of the molecule is CC(OC(=O)c1cc(Br)c[nH]1)C(N)=O. The zero-order valence-electron chi connectivity index (χ0n) is 7.41. The molecule has 1 aromatic heterocycles. The van der Waals surface area contributed by atoms with Gasteiger partial charge in [-0.2, -0.15) is 0 Å². The molecule has 76 valence electrons. The average Bonchev–Trinajstić information content (AvgIpc) is 2.51. The Bertz CT molecular complexity index is 361. The lowest BCUT2D eigenvalue weighted by Crippen LogP contribution is -2.30. The van der Waals surface area contributed by atoms with Crippen LogP contribution in [0.15, 0.2) is 16.7 Å². The number of esters is 1. The highest BCUT2D eigenvalue weighted by atomic mass is 79.9. The van der Waals surface area contributed by atoms with Crippen LogP contribution in [0.5, 0.6) is 0 Å². The summed E-state index contributed by atoms with van der Waals surface area (Å²) < 4.78 is 5.48. The number of ether oxygens (including phenoxy) is 1. The minimum absolute atomic E-state index is 0.268. The van der Waals surface area contributed by atoms with Crippen LogP contribution in [0.1, 0.15) is 17.4 Å². The molecular formula is C8H9BrN2O3. The van der Waals surface area contributed by atoms with Crippen molar-refractivity contribution in [2.24, 2.45) is 5.73 Å². The Labute approximate surface area is 88.7 Å². The van der Waals surface area contributed by atoms with Crippen LogP contribution in [0.2, 0.25) is 0 Å². The smallest absolute Gasteiger partial charge is 0.355 e. The van der Waals surface area contributed by atoms with Gasteiger partial charge in [-0.25, -0.2) is 4.79 Å². The highest BCUT2D eigenvalue weighted by molar-refractivity contribution is 9.10. The number of rotatable bonds is 3. The molecule has 3 N–H and O–H groups in total. The number of nitrogens with two attached hydrogens (primary N) is 1. The molecule has 14 heavy (non-hydrogen) atoms. The highest BCUT2D eigenvalue weighted by Crippen LogP contribution is 2.11. The van der Waals surface area contributed by atoms with E-state index in [0.29, 0.717) is 0 Å². The van der Waals surface area contributed by atoms with E-state index in [1.165, 1.54) is 6.92 Å². The highest BCUT2D eigenvalue weighted by Gasteiger charge is 2.16. The van der Waals surface area contributed by atoms with E-state index in [1.807, 2.05) is 0 Å². The van der Waals surface area contributed by atoms with Crippen LogP contribution in [0, 0.1) is 0 Å². The molecular weight excluding hydrogens is 252 g/mol. The molecule has 0 fully saturated rings. The summed E-state index contributed by atoms with van der Waals surface area (Å²) in [5.74, 6) is -1.29. The number of hydrogen-bond donors (Lipinski definition) is 2. The topological polar surface area (TPSA) is 85.2 Å². The fraction of sp³-hybridized carbons (Fsp3) is 0.250. The number of amides is 1. The van der Waals surface area contributed by atoms with Gasteiger partial charge < -0.3 is 15.5 Å². The third kappa shape index (κ3) is 2.59. The van der Waals surface area contributed by atoms with E-state index in [0.717, 1.165) is 4.47 Å². The Balaban J connectivity index is 2.63. The normalized spacial score (nSPS) is 12.1. The van der Waals surface area contributed by atoms with Crippen molar-refractivity contribution < 1.29 is 14.3 Å². The number of H-pyrrole nitrogens is 1. The number of carbonyl (C=O) groups excluding carboxylic acids is 2. The van der Waals surface area contributed by atoms with E-state index in [9.17, 15) is 9.59 Å². The average molecular weight is 261 g/mol. The van der Waals surface area contributed by atoms with Gasteiger partial charge in [0, 0.05) is 10.7 Å². The minimum atomic E-state index is -0.926. The second kappa shape index (κ2) is 4.28. The summed E-state index contributed by atoms with van der Waals surface area (Å²) in [6, 6.07) is 1.55. The Hall–Kier alpha value is -1.30. The number of aromatic nitrogens is 1. The van der Waals surface area contributed by atoms with Crippen LogP contribution in [0.3, 0.4) is 0 Å². The zero-order valence-corrected chi connectivity index (χ0v) is 9.00. The summed E-state index contributed by atoms with van der Waals surface area (Å²) in [5, 5.41) is 0. The molecule has 1 aromatic rings. The molecule has 0 radical (unpaired) electrons. The van der Waals surface area contributed by atoms with Gasteiger partial charge in [0.1, 0.15) is 5.69 Å². The molecule has 0 aromatic carbocycles. The first-order valence-corrected chi connectivity index (χ1v) is 4.64. The third-order valence-electron chi connectivity index (χ3n) is 1.55. The fourth-order valence-electron chi connectivity index (χ4n) is 0.768. The number of aromatic amines is 1. The van der Waals surface area contributed by atoms with Gasteiger partial charge in [-0.3, -0.25) is 4.79 Å². The van der Waals surface area contributed by atoms with Gasteiger partial charge >= 0.3 is 5.97 Å². The summed E-state index contributed by atoms with van der Waals surface area (Å²) in [4.78, 5) is 24.6. The fourth-order valence-corrected chi connectivity index (χ4v) is 1.11. The monoisotopic (exact) mass is 260 g/mol. The zero-order chi connectivity index (χ0) is 10.7. The lowest BCUT2D eigenvalue weighted by molar-refractivity contribution is -0.125. The molecule has 1 unspecified atom stereocenters. The Morgan fingerprint density at radius 2 is 2.29 bits per heavy atom. The van der Waals surface area contributed by atoms with Crippen LogP contribution in [0.4, 0.5) is 0 Å². The predicted molar refractivity (Wildman–Crippen MR) is 52.6 cm³/mol. The van der Waals surface area contributed by atoms with E-state index in [2.05, 4.69) is 20.9 Å². The van der Waals surface area contributed by atoms with Crippen molar-refractivity contribution >= 4 is 27.8 Å². The Morgan fingerprint density at radius 1 is 1.64 bits per heavy atom. The van der Waals surface area contributed by atoms with Crippen molar-refractivity contribution in [2.75, 3.05) is 0 Å². The summed E-state index contributed by atoms with van der Waals surface area (Å²) >= 11 is 3.16. The number of primary amides is 1. The van der Waals surface area contributed by atoms with Crippen LogP contribution in [-0.4, -0.2) is 23.0 Å².